The van der Waals surface area contributed by atoms with Crippen molar-refractivity contribution in [3.63, 3.8) is 0 Å². The number of rotatable bonds is 5. The van der Waals surface area contributed by atoms with Crippen molar-refractivity contribution in [2.75, 3.05) is 0 Å². The monoisotopic (exact) mass is 628 g/mol. The molecule has 0 aliphatic carbocycles. The van der Waals surface area contributed by atoms with Crippen molar-refractivity contribution < 1.29 is 38.4 Å². The summed E-state index contributed by atoms with van der Waals surface area (Å²) in [5, 5.41) is -2.00. The van der Waals surface area contributed by atoms with E-state index < -0.39 is 253 Å². The van der Waals surface area contributed by atoms with Gasteiger partial charge in [-0.25, -0.2) is 15.0 Å². The molecule has 0 amide bonds. The highest BCUT2D eigenvalue weighted by Gasteiger charge is 2.15. The second kappa shape index (κ2) is 11.2. The third-order valence-corrected chi connectivity index (χ3v) is 6.80. The van der Waals surface area contributed by atoms with Crippen LogP contribution in [0.3, 0.4) is 0 Å². The Kier molecular flexibility index (Phi) is 2.59. The Balaban J connectivity index is 1.39. The lowest BCUT2D eigenvalue weighted by atomic mass is 10.00. The highest BCUT2D eigenvalue weighted by Crippen LogP contribution is 2.33. The lowest BCUT2D eigenvalue weighted by Crippen LogP contribution is -2.00. The van der Waals surface area contributed by atoms with Crippen molar-refractivity contribution >= 4 is 32.6 Å². The van der Waals surface area contributed by atoms with Gasteiger partial charge < -0.3 is 4.57 Å². The minimum absolute atomic E-state index is 0.452. The molecule has 0 atom stereocenters. The Morgan fingerprint density at radius 1 is 0.362 bits per heavy atom. The van der Waals surface area contributed by atoms with Crippen LogP contribution in [0.4, 0.5) is 0 Å². The first kappa shape index (κ1) is 10.9. The molecule has 9 rings (SSSR count). The number of nitrogens with zero attached hydrogens (tertiary/aromatic N) is 4. The van der Waals surface area contributed by atoms with E-state index >= 15 is 0 Å². The van der Waals surface area contributed by atoms with Crippen molar-refractivity contribution in [2.45, 2.75) is 0 Å². The van der Waals surface area contributed by atoms with Crippen molar-refractivity contribution in [3.8, 4) is 51.0 Å². The summed E-state index contributed by atoms with van der Waals surface area (Å²) in [6.45, 7) is 0. The van der Waals surface area contributed by atoms with E-state index in [9.17, 15) is 8.22 Å². The van der Waals surface area contributed by atoms with Gasteiger partial charge in [0.15, 0.2) is 17.5 Å². The van der Waals surface area contributed by atoms with Crippen LogP contribution in [0.25, 0.3) is 83.6 Å². The maximum atomic E-state index is 9.36. The minimum Gasteiger partial charge on any atom is -0.309 e. The summed E-state index contributed by atoms with van der Waals surface area (Å²) >= 11 is 0. The van der Waals surface area contributed by atoms with Crippen LogP contribution in [-0.2, 0) is 0 Å². The number of fused-ring (bicyclic) bond motifs is 4. The Bertz CT molecular complexity index is 4010. The van der Waals surface area contributed by atoms with Crippen LogP contribution >= 0.6 is 0 Å². The molecule has 4 heteroatoms. The fourth-order valence-electron chi connectivity index (χ4n) is 4.70. The molecule has 9 aromatic rings. The maximum absolute atomic E-state index is 9.36. The van der Waals surface area contributed by atoms with Crippen molar-refractivity contribution in [2.24, 2.45) is 0 Å². The van der Waals surface area contributed by atoms with Gasteiger partial charge in [-0.3, -0.25) is 0 Å². The third-order valence-electron chi connectivity index (χ3n) is 6.80. The number of benzene rings is 7. The lowest BCUT2D eigenvalue weighted by molar-refractivity contribution is 1.07. The Labute approximate surface area is 311 Å². The van der Waals surface area contributed by atoms with Crippen LogP contribution in [0.5, 0.6) is 0 Å². The van der Waals surface area contributed by atoms with E-state index in [-0.39, 0.29) is 0 Å². The molecule has 0 aliphatic rings. The Hall–Kier alpha value is -6.39. The summed E-state index contributed by atoms with van der Waals surface area (Å²) in [6, 6.07) is -25.2. The molecule has 47 heavy (non-hydrogen) atoms. The van der Waals surface area contributed by atoms with Crippen LogP contribution in [0, 0.1) is 0 Å². The van der Waals surface area contributed by atoms with Crippen molar-refractivity contribution in [1.82, 2.24) is 19.5 Å². The quantitative estimate of drug-likeness (QED) is 0.190. The molecule has 7 aromatic carbocycles. The van der Waals surface area contributed by atoms with Gasteiger partial charge in [-0.15, -0.1) is 0 Å². The lowest BCUT2D eigenvalue weighted by Gasteiger charge is -2.11. The van der Waals surface area contributed by atoms with Crippen LogP contribution in [0.1, 0.15) is 38.4 Å². The molecule has 2 heterocycles. The minimum atomic E-state index is -1.06. The van der Waals surface area contributed by atoms with Gasteiger partial charge in [0.2, 0.25) is 0 Å². The van der Waals surface area contributed by atoms with Crippen LogP contribution < -0.4 is 0 Å². The predicted molar refractivity (Wildman–Crippen MR) is 193 cm³/mol. The first-order chi connectivity index (χ1) is 34.9. The fraction of sp³-hybridized carbons (Fsp3) is 0. The van der Waals surface area contributed by atoms with Gasteiger partial charge in [0.25, 0.3) is 0 Å². The number of hydrogen-bond acceptors (Lipinski definition) is 3. The van der Waals surface area contributed by atoms with Gasteiger partial charge in [-0.1, -0.05) is 127 Å². The molecule has 0 unspecified atom stereocenters. The molecule has 2 aromatic heterocycles. The Morgan fingerprint density at radius 3 is 1.43 bits per heavy atom. The fourth-order valence-corrected chi connectivity index (χ4v) is 4.70. The first-order valence-corrected chi connectivity index (χ1v) is 13.5. The summed E-state index contributed by atoms with van der Waals surface area (Å²) < 4.78 is 246. The van der Waals surface area contributed by atoms with E-state index in [2.05, 4.69) is 15.0 Å². The van der Waals surface area contributed by atoms with E-state index in [0.29, 0.717) is 0 Å². The standard InChI is InChI=1S/C43H28N4/c1-2-11-31(12-3-1)41-44-42(32-21-18-30(19-22-32)35-23-20-29-10-4-5-13-34(29)28-35)46-43(45-41)33-24-26-36(27-25-33)47-39-16-8-6-14-37(39)38-15-7-9-17-40(38)47/h1-28H/i1D,2D,3D,4D,5D,6D,7D,8D,9D,10D,11D,12D,13D,14D,15D,16D,17D,18D,19D,20D,21D,22D,23D,24D,25D,26D,27D,28D. The average molecular weight is 629 g/mol. The molecule has 0 bridgehead atoms. The average Bonchev–Trinajstić information content (AvgIpc) is 3.73. The van der Waals surface area contributed by atoms with Crippen LogP contribution in [-0.4, -0.2) is 19.5 Å². The predicted octanol–water partition coefficient (Wildman–Crippen LogP) is 10.8. The van der Waals surface area contributed by atoms with Gasteiger partial charge in [0.05, 0.1) is 49.4 Å². The van der Waals surface area contributed by atoms with Crippen LogP contribution in [0.2, 0.25) is 0 Å². The number of hydrogen-bond donors (Lipinski definition) is 0. The molecular formula is C43H28N4. The van der Waals surface area contributed by atoms with Crippen LogP contribution in [0.15, 0.2) is 169 Å². The number of aromatic nitrogens is 4. The molecule has 220 valence electrons. The smallest absolute Gasteiger partial charge is 0.164 e. The molecule has 0 N–H and O–H groups in total. The van der Waals surface area contributed by atoms with E-state index in [1.54, 1.807) is 0 Å². The molecule has 0 aliphatic heterocycles. The molecule has 0 saturated heterocycles. The van der Waals surface area contributed by atoms with Crippen molar-refractivity contribution in [3.05, 3.63) is 169 Å². The normalized spacial score (nSPS) is 19.7. The SMILES string of the molecule is [2H]c1c([2H])c([2H])c(-c2nc(-c3c([2H])c([2H])c(-c4c([2H])c([2H])c5c([2H])c([2H])c([2H])c([2H])c5c4[2H])c([2H])c3[2H])nc(-c3c([2H])c([2H])c(-n4c5c([2H])c([2H])c([2H])c([2H])c5c5c([2H])c([2H])c([2H])c([2H])c54)c([2H])c3[2H])n2)c([2H])c1[2H]. The molecule has 0 radical (unpaired) electrons. The molecule has 4 nitrogen and oxygen atoms in total. The van der Waals surface area contributed by atoms with Gasteiger partial charge >= 0.3 is 0 Å². The zero-order valence-electron chi connectivity index (χ0n) is 51.3. The number of para-hydroxylation sites is 2. The summed E-state index contributed by atoms with van der Waals surface area (Å²) in [5.74, 6) is -2.69. The maximum Gasteiger partial charge on any atom is 0.164 e. The highest BCUT2D eigenvalue weighted by molar-refractivity contribution is 6.09. The molecule has 0 fully saturated rings. The summed E-state index contributed by atoms with van der Waals surface area (Å²) in [6.07, 6.45) is 0. The van der Waals surface area contributed by atoms with Gasteiger partial charge in [-0.05, 0) is 64.2 Å². The zero-order valence-corrected chi connectivity index (χ0v) is 23.3. The van der Waals surface area contributed by atoms with E-state index in [0.717, 1.165) is 4.57 Å². The topological polar surface area (TPSA) is 43.6 Å². The molecule has 0 saturated carbocycles. The molecular weight excluding hydrogens is 573 g/mol. The van der Waals surface area contributed by atoms with E-state index in [1.807, 2.05) is 0 Å². The highest BCUT2D eigenvalue weighted by atomic mass is 15.0. The van der Waals surface area contributed by atoms with Gasteiger partial charge in [0.1, 0.15) is 0 Å². The largest absolute Gasteiger partial charge is 0.309 e. The van der Waals surface area contributed by atoms with E-state index in [1.165, 1.54) is 0 Å². The van der Waals surface area contributed by atoms with E-state index in [4.69, 9.17) is 30.2 Å². The van der Waals surface area contributed by atoms with Gasteiger partial charge in [-0.2, -0.15) is 0 Å². The first-order valence-electron chi connectivity index (χ1n) is 27.5. The summed E-state index contributed by atoms with van der Waals surface area (Å²) in [4.78, 5) is 12.7. The zero-order chi connectivity index (χ0) is 55.5. The van der Waals surface area contributed by atoms with Crippen molar-refractivity contribution in [1.29, 1.82) is 0 Å². The molecule has 0 spiro atoms. The summed E-state index contributed by atoms with van der Waals surface area (Å²) in [7, 11) is 0. The second-order valence-corrected chi connectivity index (χ2v) is 9.56. The second-order valence-electron chi connectivity index (χ2n) is 9.56. The third kappa shape index (κ3) is 4.84. The van der Waals surface area contributed by atoms with Gasteiger partial charge in [0, 0.05) is 33.2 Å². The summed E-state index contributed by atoms with van der Waals surface area (Å²) in [5.41, 5.74) is -5.92. The Morgan fingerprint density at radius 2 is 0.809 bits per heavy atom.